The quantitative estimate of drug-likeness (QED) is 0.311. The molecule has 3 nitrogen and oxygen atoms in total. The fraction of sp³-hybridized carbons (Fsp3) is 0.889. The van der Waals surface area contributed by atoms with E-state index >= 15 is 0 Å². The van der Waals surface area contributed by atoms with Crippen molar-refractivity contribution < 1.29 is 33.9 Å². The first-order valence-corrected chi connectivity index (χ1v) is 4.38. The first-order chi connectivity index (χ1) is 5.31. The molecule has 0 bridgehead atoms. The van der Waals surface area contributed by atoms with Crippen molar-refractivity contribution in [2.75, 3.05) is 7.11 Å². The minimum atomic E-state index is -0.0819. The number of carbonyl (C=O) groups is 1. The van der Waals surface area contributed by atoms with E-state index in [4.69, 9.17) is 0 Å². The Morgan fingerprint density at radius 3 is 2.15 bits per heavy atom. The molecule has 0 aromatic carbocycles. The van der Waals surface area contributed by atoms with E-state index in [1.165, 1.54) is 26.4 Å². The van der Waals surface area contributed by atoms with E-state index in [0.717, 1.165) is 12.8 Å². The standard InChI is InChI=1S/C9H18O2.Li.H2O/c1-3-4-5-6-7-8-9(10)11-2;;/h3-8H2,1-2H3;;1H2/q;+1;/p-1. The predicted molar refractivity (Wildman–Crippen MR) is 47.3 cm³/mol. The van der Waals surface area contributed by atoms with Crippen molar-refractivity contribution in [3.8, 4) is 0 Å². The number of carbonyl (C=O) groups excluding carboxylic acids is 1. The molecule has 0 heterocycles. The zero-order chi connectivity index (χ0) is 8.53. The summed E-state index contributed by atoms with van der Waals surface area (Å²) in [6.45, 7) is 2.18. The van der Waals surface area contributed by atoms with Gasteiger partial charge in [-0.25, -0.2) is 0 Å². The molecule has 0 rings (SSSR count). The average molecular weight is 182 g/mol. The summed E-state index contributed by atoms with van der Waals surface area (Å²) in [6.07, 6.45) is 6.49. The molecule has 13 heavy (non-hydrogen) atoms. The van der Waals surface area contributed by atoms with Gasteiger partial charge >= 0.3 is 24.8 Å². The molecule has 0 aliphatic rings. The molecule has 0 aromatic rings. The molecule has 0 fully saturated rings. The van der Waals surface area contributed by atoms with Gasteiger partial charge in [0.25, 0.3) is 0 Å². The van der Waals surface area contributed by atoms with Crippen LogP contribution in [0.25, 0.3) is 0 Å². The Hall–Kier alpha value is 0.0274. The zero-order valence-electron chi connectivity index (χ0n) is 9.01. The number of unbranched alkanes of at least 4 members (excludes halogenated alkanes) is 4. The summed E-state index contributed by atoms with van der Waals surface area (Å²) in [6, 6.07) is 0. The SMILES string of the molecule is CCCCCCCC(=O)OC.[Li+].[OH-]. The smallest absolute Gasteiger partial charge is 0.870 e. The van der Waals surface area contributed by atoms with Gasteiger partial charge in [0.15, 0.2) is 0 Å². The molecule has 0 radical (unpaired) electrons. The van der Waals surface area contributed by atoms with E-state index in [1.54, 1.807) is 0 Å². The molecular weight excluding hydrogens is 163 g/mol. The van der Waals surface area contributed by atoms with Crippen LogP contribution in [0.2, 0.25) is 0 Å². The first kappa shape index (κ1) is 18.7. The molecule has 0 aromatic heterocycles. The molecule has 0 saturated heterocycles. The van der Waals surface area contributed by atoms with Gasteiger partial charge in [-0.05, 0) is 6.42 Å². The Kier molecular flexibility index (Phi) is 21.0. The fourth-order valence-electron chi connectivity index (χ4n) is 0.975. The summed E-state index contributed by atoms with van der Waals surface area (Å²) in [5.74, 6) is -0.0819. The summed E-state index contributed by atoms with van der Waals surface area (Å²) < 4.78 is 4.52. The van der Waals surface area contributed by atoms with Crippen LogP contribution < -0.4 is 18.9 Å². The van der Waals surface area contributed by atoms with Gasteiger partial charge in [0.2, 0.25) is 0 Å². The fourth-order valence-corrected chi connectivity index (χ4v) is 0.975. The van der Waals surface area contributed by atoms with Crippen molar-refractivity contribution >= 4 is 5.97 Å². The Balaban J connectivity index is -0.000000500. The summed E-state index contributed by atoms with van der Waals surface area (Å²) in [5.41, 5.74) is 0. The third-order valence-electron chi connectivity index (χ3n) is 1.71. The Bertz CT molecular complexity index is 107. The minimum absolute atomic E-state index is 0. The summed E-state index contributed by atoms with van der Waals surface area (Å²) >= 11 is 0. The first-order valence-electron chi connectivity index (χ1n) is 4.38. The van der Waals surface area contributed by atoms with Crippen LogP contribution in [0.1, 0.15) is 45.4 Å². The van der Waals surface area contributed by atoms with Gasteiger partial charge in [0, 0.05) is 6.42 Å². The Morgan fingerprint density at radius 1 is 1.15 bits per heavy atom. The van der Waals surface area contributed by atoms with E-state index in [2.05, 4.69) is 11.7 Å². The molecule has 1 N–H and O–H groups in total. The third-order valence-corrected chi connectivity index (χ3v) is 1.71. The summed E-state index contributed by atoms with van der Waals surface area (Å²) in [5, 5.41) is 0. The van der Waals surface area contributed by atoms with Gasteiger partial charge < -0.3 is 10.2 Å². The molecule has 4 heteroatoms. The van der Waals surface area contributed by atoms with E-state index in [1.807, 2.05) is 0 Å². The maximum absolute atomic E-state index is 10.6. The predicted octanol–water partition coefficient (Wildman–Crippen LogP) is -0.653. The second kappa shape index (κ2) is 14.5. The van der Waals surface area contributed by atoms with Gasteiger partial charge in [0.1, 0.15) is 0 Å². The number of rotatable bonds is 6. The summed E-state index contributed by atoms with van der Waals surface area (Å²) in [7, 11) is 1.44. The largest absolute Gasteiger partial charge is 1.00 e. The number of hydrogen-bond acceptors (Lipinski definition) is 3. The number of ether oxygens (including phenoxy) is 1. The maximum Gasteiger partial charge on any atom is 1.00 e. The van der Waals surface area contributed by atoms with Crippen LogP contribution in [-0.2, 0) is 9.53 Å². The molecule has 0 saturated carbocycles. The van der Waals surface area contributed by atoms with E-state index in [0.29, 0.717) is 6.42 Å². The molecule has 0 atom stereocenters. The average Bonchev–Trinajstić information content (AvgIpc) is 2.04. The molecule has 0 aliphatic carbocycles. The van der Waals surface area contributed by atoms with Crippen molar-refractivity contribution in [3.63, 3.8) is 0 Å². The van der Waals surface area contributed by atoms with Gasteiger partial charge in [-0.15, -0.1) is 0 Å². The normalized spacial score (nSPS) is 8.15. The maximum atomic E-state index is 10.6. The second-order valence-corrected chi connectivity index (χ2v) is 2.74. The van der Waals surface area contributed by atoms with Crippen molar-refractivity contribution in [1.29, 1.82) is 0 Å². The van der Waals surface area contributed by atoms with Gasteiger partial charge in [-0.2, -0.15) is 0 Å². The molecule has 74 valence electrons. The van der Waals surface area contributed by atoms with Crippen LogP contribution in [0.5, 0.6) is 0 Å². The van der Waals surface area contributed by atoms with Crippen LogP contribution in [0.4, 0.5) is 0 Å². The molecule has 0 amide bonds. The van der Waals surface area contributed by atoms with Crippen LogP contribution >= 0.6 is 0 Å². The molecular formula is C9H19LiO3. The second-order valence-electron chi connectivity index (χ2n) is 2.74. The van der Waals surface area contributed by atoms with Gasteiger partial charge in [0.05, 0.1) is 7.11 Å². The van der Waals surface area contributed by atoms with E-state index in [9.17, 15) is 4.79 Å². The van der Waals surface area contributed by atoms with E-state index < -0.39 is 0 Å². The van der Waals surface area contributed by atoms with E-state index in [-0.39, 0.29) is 30.3 Å². The molecule has 0 unspecified atom stereocenters. The van der Waals surface area contributed by atoms with Crippen LogP contribution in [0, 0.1) is 0 Å². The zero-order valence-corrected chi connectivity index (χ0v) is 9.01. The van der Waals surface area contributed by atoms with Gasteiger partial charge in [-0.1, -0.05) is 32.6 Å². The van der Waals surface area contributed by atoms with Crippen molar-refractivity contribution in [2.45, 2.75) is 45.4 Å². The van der Waals surface area contributed by atoms with Crippen molar-refractivity contribution in [2.24, 2.45) is 0 Å². The molecule has 0 aliphatic heterocycles. The number of methoxy groups -OCH3 is 1. The molecule has 0 spiro atoms. The topological polar surface area (TPSA) is 56.3 Å². The monoisotopic (exact) mass is 182 g/mol. The van der Waals surface area contributed by atoms with Crippen LogP contribution in [0.3, 0.4) is 0 Å². The van der Waals surface area contributed by atoms with Gasteiger partial charge in [-0.3, -0.25) is 4.79 Å². The number of esters is 1. The summed E-state index contributed by atoms with van der Waals surface area (Å²) in [4.78, 5) is 10.6. The number of hydrogen-bond donors (Lipinski definition) is 0. The van der Waals surface area contributed by atoms with Crippen LogP contribution in [-0.4, -0.2) is 18.6 Å². The van der Waals surface area contributed by atoms with Crippen molar-refractivity contribution in [1.82, 2.24) is 0 Å². The van der Waals surface area contributed by atoms with Crippen LogP contribution in [0.15, 0.2) is 0 Å². The minimum Gasteiger partial charge on any atom is -0.870 e. The third kappa shape index (κ3) is 14.8. The Labute approximate surface area is 92.7 Å². The van der Waals surface area contributed by atoms with Crippen molar-refractivity contribution in [3.05, 3.63) is 0 Å². The Morgan fingerprint density at radius 2 is 1.69 bits per heavy atom.